The standard InChI is InChI=1S/C96H80BN3/c1-91(2,3)57-43-47-80-70(51-57)71-52-58(92(4,5)6)44-48-81(71)98(80)61-55-86-90-87(56-61)100(85-42-26-34-69-67-32-18-24-40-77(67)96(89(69)85)74-37-21-15-29-64(74)65-30-16-22-38-75(65)96)83-50-46-60(94(10,11)12)54-79(83)97(90)78-53-59(93(7,8)9)45-49-82(78)99(86)84-41-25-33-68-66-31-17-23-39-76(66)95(88(68)84)72-35-19-13-27-62(72)63-28-14-20-36-73(63)95/h13-56H,1-12H3. The molecule has 1 aromatic heterocycles. The molecule has 4 heteroatoms. The van der Waals surface area contributed by atoms with E-state index in [0.29, 0.717) is 0 Å². The zero-order valence-electron chi connectivity index (χ0n) is 59.3. The molecule has 0 saturated carbocycles. The molecule has 0 bridgehead atoms. The van der Waals surface area contributed by atoms with E-state index < -0.39 is 10.8 Å². The zero-order valence-corrected chi connectivity index (χ0v) is 59.3. The molecular formula is C96H80BN3. The summed E-state index contributed by atoms with van der Waals surface area (Å²) in [7, 11) is 0. The van der Waals surface area contributed by atoms with Gasteiger partial charge < -0.3 is 14.4 Å². The molecule has 3 heterocycles. The molecule has 4 aliphatic carbocycles. The second-order valence-corrected chi connectivity index (χ2v) is 33.5. The van der Waals surface area contributed by atoms with E-state index in [1.54, 1.807) is 0 Å². The Balaban J connectivity index is 0.978. The maximum Gasteiger partial charge on any atom is 0.252 e. The number of nitrogens with zero attached hydrogens (tertiary/aromatic N) is 3. The van der Waals surface area contributed by atoms with E-state index in [1.807, 2.05) is 0 Å². The number of benzene rings is 13. The second-order valence-electron chi connectivity index (χ2n) is 33.5. The molecule has 0 saturated heterocycles. The van der Waals surface area contributed by atoms with Gasteiger partial charge in [0.1, 0.15) is 0 Å². The van der Waals surface area contributed by atoms with Crippen LogP contribution in [-0.2, 0) is 32.5 Å². The van der Waals surface area contributed by atoms with E-state index in [2.05, 4.69) is 364 Å². The number of hydrogen-bond acceptors (Lipinski definition) is 2. The summed E-state index contributed by atoms with van der Waals surface area (Å²) in [5.41, 5.74) is 39.0. The van der Waals surface area contributed by atoms with Crippen LogP contribution >= 0.6 is 0 Å². The molecule has 0 atom stereocenters. The fourth-order valence-electron chi connectivity index (χ4n) is 19.4. The van der Waals surface area contributed by atoms with Gasteiger partial charge in [-0.2, -0.15) is 0 Å². The lowest BCUT2D eigenvalue weighted by atomic mass is 9.33. The molecule has 20 rings (SSSR count). The second kappa shape index (κ2) is 20.0. The average molecular weight is 1290 g/mol. The molecule has 0 N–H and O–H groups in total. The molecular weight excluding hydrogens is 1210 g/mol. The monoisotopic (exact) mass is 1290 g/mol. The molecule has 3 nitrogen and oxygen atoms in total. The first-order valence-electron chi connectivity index (χ1n) is 36.2. The van der Waals surface area contributed by atoms with Crippen LogP contribution in [0.4, 0.5) is 34.1 Å². The van der Waals surface area contributed by atoms with Gasteiger partial charge in [0.25, 0.3) is 6.71 Å². The highest BCUT2D eigenvalue weighted by molar-refractivity contribution is 7.00. The van der Waals surface area contributed by atoms with Crippen LogP contribution < -0.4 is 26.2 Å². The van der Waals surface area contributed by atoms with Gasteiger partial charge in [-0.3, -0.25) is 0 Å². The Morgan fingerprint density at radius 3 is 0.880 bits per heavy atom. The summed E-state index contributed by atoms with van der Waals surface area (Å²) < 4.78 is 2.63. The van der Waals surface area contributed by atoms with Crippen molar-refractivity contribution in [3.8, 4) is 50.2 Å². The predicted molar refractivity (Wildman–Crippen MR) is 422 cm³/mol. The van der Waals surface area contributed by atoms with Crippen LogP contribution in [0.2, 0.25) is 0 Å². The van der Waals surface area contributed by atoms with Crippen molar-refractivity contribution in [3.05, 3.63) is 334 Å². The maximum atomic E-state index is 2.77. The molecule has 13 aromatic carbocycles. The van der Waals surface area contributed by atoms with E-state index in [0.717, 1.165) is 5.69 Å². The first-order chi connectivity index (χ1) is 48.2. The normalized spacial score (nSPS) is 15.1. The number of fused-ring (bicyclic) bond motifs is 27. The van der Waals surface area contributed by atoms with Gasteiger partial charge in [0.05, 0.1) is 38.9 Å². The van der Waals surface area contributed by atoms with E-state index in [-0.39, 0.29) is 28.4 Å². The van der Waals surface area contributed by atoms with Gasteiger partial charge in [0, 0.05) is 44.6 Å². The van der Waals surface area contributed by atoms with Gasteiger partial charge in [0.15, 0.2) is 0 Å². The highest BCUT2D eigenvalue weighted by atomic mass is 15.2. The van der Waals surface area contributed by atoms with Crippen molar-refractivity contribution in [3.63, 3.8) is 0 Å². The molecule has 14 aromatic rings. The molecule has 100 heavy (non-hydrogen) atoms. The van der Waals surface area contributed by atoms with E-state index in [9.17, 15) is 0 Å². The van der Waals surface area contributed by atoms with Gasteiger partial charge in [-0.1, -0.05) is 289 Å². The van der Waals surface area contributed by atoms with Crippen molar-refractivity contribution in [2.45, 2.75) is 116 Å². The minimum Gasteiger partial charge on any atom is -0.311 e. The molecule has 0 amide bonds. The van der Waals surface area contributed by atoms with Crippen molar-refractivity contribution in [1.29, 1.82) is 0 Å². The lowest BCUT2D eigenvalue weighted by Crippen LogP contribution is -2.62. The number of anilines is 6. The van der Waals surface area contributed by atoms with Crippen LogP contribution in [0.15, 0.2) is 267 Å². The quantitative estimate of drug-likeness (QED) is 0.163. The topological polar surface area (TPSA) is 11.4 Å². The minimum absolute atomic E-state index is 0.0721. The first-order valence-corrected chi connectivity index (χ1v) is 36.2. The van der Waals surface area contributed by atoms with Crippen LogP contribution in [0.25, 0.3) is 72.0 Å². The number of aromatic nitrogens is 1. The summed E-state index contributed by atoms with van der Waals surface area (Å²) in [4.78, 5) is 5.54. The van der Waals surface area contributed by atoms with Gasteiger partial charge >= 0.3 is 0 Å². The molecule has 2 aliphatic heterocycles. The van der Waals surface area contributed by atoms with E-state index in [4.69, 9.17) is 0 Å². The predicted octanol–water partition coefficient (Wildman–Crippen LogP) is 22.7. The van der Waals surface area contributed by atoms with Crippen LogP contribution in [0.5, 0.6) is 0 Å². The summed E-state index contributed by atoms with van der Waals surface area (Å²) in [5.74, 6) is 0. The van der Waals surface area contributed by atoms with Gasteiger partial charge in [0.2, 0.25) is 0 Å². The molecule has 0 fully saturated rings. The lowest BCUT2D eigenvalue weighted by molar-refractivity contribution is 0.590. The maximum absolute atomic E-state index is 2.77. The van der Waals surface area contributed by atoms with Gasteiger partial charge in [-0.15, -0.1) is 0 Å². The Hall–Kier alpha value is -10.7. The van der Waals surface area contributed by atoms with E-state index in [1.165, 1.54) is 184 Å². The summed E-state index contributed by atoms with van der Waals surface area (Å²) in [6.45, 7) is 28.3. The molecule has 482 valence electrons. The van der Waals surface area contributed by atoms with Crippen molar-refractivity contribution < 1.29 is 0 Å². The Morgan fingerprint density at radius 1 is 0.260 bits per heavy atom. The smallest absolute Gasteiger partial charge is 0.252 e. The first kappa shape index (κ1) is 59.4. The fraction of sp³-hybridized carbons (Fsp3) is 0.188. The molecule has 0 radical (unpaired) electrons. The third-order valence-electron chi connectivity index (χ3n) is 24.0. The number of hydrogen-bond donors (Lipinski definition) is 0. The third kappa shape index (κ3) is 7.67. The van der Waals surface area contributed by atoms with Crippen molar-refractivity contribution in [1.82, 2.24) is 4.57 Å². The van der Waals surface area contributed by atoms with Crippen LogP contribution in [0.1, 0.15) is 150 Å². The van der Waals surface area contributed by atoms with E-state index >= 15 is 0 Å². The van der Waals surface area contributed by atoms with Gasteiger partial charge in [-0.05, 0) is 199 Å². The van der Waals surface area contributed by atoms with Crippen molar-refractivity contribution in [2.24, 2.45) is 0 Å². The third-order valence-corrected chi connectivity index (χ3v) is 24.0. The van der Waals surface area contributed by atoms with Gasteiger partial charge in [-0.25, -0.2) is 0 Å². The van der Waals surface area contributed by atoms with Crippen LogP contribution in [0, 0.1) is 0 Å². The zero-order chi connectivity index (χ0) is 68.1. The average Bonchev–Trinajstić information content (AvgIpc) is 1.44. The highest BCUT2D eigenvalue weighted by Gasteiger charge is 2.57. The SMILES string of the molecule is CC(C)(C)c1ccc2c(c1)B1c3cc(C(C)(C)C)ccc3N(c3cccc4c3C3(c5ccccc5-c5ccccc53)c3ccccc3-4)c3cc(-n4c5ccc(C(C)(C)C)cc5c5cc(C(C)(C)C)ccc54)cc(c31)N2c1cccc2c1C1(c3ccccc3-c3ccccc31)c1ccccc1-2. The van der Waals surface area contributed by atoms with Crippen LogP contribution in [0.3, 0.4) is 0 Å². The Kier molecular flexibility index (Phi) is 11.9. The Labute approximate surface area is 589 Å². The summed E-state index contributed by atoms with van der Waals surface area (Å²) in [6, 6.07) is 105. The van der Waals surface area contributed by atoms with Crippen molar-refractivity contribution >= 4 is 79.0 Å². The fourth-order valence-corrected chi connectivity index (χ4v) is 19.4. The largest absolute Gasteiger partial charge is 0.311 e. The van der Waals surface area contributed by atoms with Crippen LogP contribution in [-0.4, -0.2) is 11.3 Å². The molecule has 0 unspecified atom stereocenters. The minimum atomic E-state index is -0.639. The highest BCUT2D eigenvalue weighted by Crippen LogP contribution is 2.68. The number of rotatable bonds is 3. The summed E-state index contributed by atoms with van der Waals surface area (Å²) in [6.07, 6.45) is 0. The Morgan fingerprint density at radius 2 is 0.550 bits per heavy atom. The lowest BCUT2D eigenvalue weighted by Gasteiger charge is -2.47. The molecule has 2 spiro atoms. The van der Waals surface area contributed by atoms with Crippen molar-refractivity contribution in [2.75, 3.05) is 9.80 Å². The molecule has 6 aliphatic rings. The summed E-state index contributed by atoms with van der Waals surface area (Å²) >= 11 is 0. The Bertz CT molecular complexity index is 5460. The summed E-state index contributed by atoms with van der Waals surface area (Å²) in [5, 5.41) is 2.54.